The van der Waals surface area contributed by atoms with Crippen LogP contribution in [0.1, 0.15) is 5.76 Å². The van der Waals surface area contributed by atoms with Crippen molar-refractivity contribution in [2.24, 2.45) is 0 Å². The van der Waals surface area contributed by atoms with Gasteiger partial charge in [-0.05, 0) is 37.9 Å². The Hall–Kier alpha value is -0.330. The van der Waals surface area contributed by atoms with E-state index in [4.69, 9.17) is 4.42 Å². The Morgan fingerprint density at radius 2 is 2.36 bits per heavy atom. The van der Waals surface area contributed by atoms with Crippen LogP contribution in [0.4, 0.5) is 5.13 Å². The Morgan fingerprint density at radius 3 is 2.93 bits per heavy atom. The summed E-state index contributed by atoms with van der Waals surface area (Å²) in [7, 11) is 0. The molecule has 0 aliphatic heterocycles. The first kappa shape index (κ1) is 10.2. The number of nitrogens with zero attached hydrogens (tertiary/aromatic N) is 1. The average molecular weight is 338 g/mol. The Kier molecular flexibility index (Phi) is 3.25. The van der Waals surface area contributed by atoms with Gasteiger partial charge in [-0.1, -0.05) is 0 Å². The number of furan rings is 1. The first-order valence-corrected chi connectivity index (χ1v) is 6.29. The number of anilines is 1. The zero-order chi connectivity index (χ0) is 9.97. The van der Waals surface area contributed by atoms with Gasteiger partial charge in [0.15, 0.2) is 9.80 Å². The van der Waals surface area contributed by atoms with Crippen molar-refractivity contribution in [3.8, 4) is 0 Å². The molecule has 3 nitrogen and oxygen atoms in total. The van der Waals surface area contributed by atoms with Gasteiger partial charge in [0.2, 0.25) is 0 Å². The number of halogens is 2. The third-order valence-electron chi connectivity index (χ3n) is 1.54. The zero-order valence-corrected chi connectivity index (χ0v) is 10.9. The summed E-state index contributed by atoms with van der Waals surface area (Å²) in [5.74, 6) is 0.860. The maximum absolute atomic E-state index is 5.40. The number of hydrogen-bond acceptors (Lipinski definition) is 4. The molecule has 0 spiro atoms. The van der Waals surface area contributed by atoms with E-state index in [1.165, 1.54) is 0 Å². The first-order chi connectivity index (χ1) is 6.75. The van der Waals surface area contributed by atoms with Crippen molar-refractivity contribution in [3.63, 3.8) is 0 Å². The molecule has 14 heavy (non-hydrogen) atoms. The van der Waals surface area contributed by atoms with Crippen LogP contribution in [0.3, 0.4) is 0 Å². The predicted octanol–water partition coefficient (Wildman–Crippen LogP) is 3.87. The van der Waals surface area contributed by atoms with E-state index in [1.54, 1.807) is 17.5 Å². The summed E-state index contributed by atoms with van der Waals surface area (Å²) in [5.41, 5.74) is 0. The van der Waals surface area contributed by atoms with Crippen LogP contribution in [-0.2, 0) is 6.54 Å². The zero-order valence-electron chi connectivity index (χ0n) is 6.96. The van der Waals surface area contributed by atoms with E-state index in [9.17, 15) is 0 Å². The highest BCUT2D eigenvalue weighted by atomic mass is 79.9. The minimum Gasteiger partial charge on any atom is -0.451 e. The molecule has 0 bridgehead atoms. The van der Waals surface area contributed by atoms with Crippen LogP contribution in [-0.4, -0.2) is 4.98 Å². The molecule has 0 saturated carbocycles. The van der Waals surface area contributed by atoms with E-state index in [0.29, 0.717) is 11.2 Å². The Labute approximate surface area is 102 Å². The van der Waals surface area contributed by atoms with Gasteiger partial charge in [0.05, 0.1) is 11.0 Å². The van der Waals surface area contributed by atoms with Crippen LogP contribution >= 0.6 is 43.2 Å². The Balaban J connectivity index is 1.98. The summed E-state index contributed by atoms with van der Waals surface area (Å²) in [5, 5.41) is 5.98. The lowest BCUT2D eigenvalue weighted by Gasteiger charge is -1.97. The number of hydrogen-bond donors (Lipinski definition) is 1. The van der Waals surface area contributed by atoms with Gasteiger partial charge in [0, 0.05) is 11.6 Å². The van der Waals surface area contributed by atoms with E-state index in [-0.39, 0.29) is 0 Å². The monoisotopic (exact) mass is 336 g/mol. The topological polar surface area (TPSA) is 38.1 Å². The number of aromatic nitrogens is 1. The van der Waals surface area contributed by atoms with E-state index in [1.807, 2.05) is 11.4 Å². The third-order valence-corrected chi connectivity index (χ3v) is 3.98. The third kappa shape index (κ3) is 2.37. The summed E-state index contributed by atoms with van der Waals surface area (Å²) in [6, 6.07) is 1.92. The van der Waals surface area contributed by atoms with Gasteiger partial charge in [0.1, 0.15) is 5.76 Å². The lowest BCUT2D eigenvalue weighted by atomic mass is 10.4. The second kappa shape index (κ2) is 4.46. The normalized spacial score (nSPS) is 10.4. The van der Waals surface area contributed by atoms with Crippen LogP contribution in [0, 0.1) is 0 Å². The first-order valence-electron chi connectivity index (χ1n) is 3.83. The van der Waals surface area contributed by atoms with Crippen molar-refractivity contribution in [2.75, 3.05) is 5.32 Å². The molecule has 0 aromatic carbocycles. The highest BCUT2D eigenvalue weighted by Gasteiger charge is 2.05. The molecule has 0 saturated heterocycles. The van der Waals surface area contributed by atoms with Crippen LogP contribution in [0.2, 0.25) is 0 Å². The molecular weight excluding hydrogens is 332 g/mol. The summed E-state index contributed by atoms with van der Waals surface area (Å²) in [6.45, 7) is 0.637. The highest BCUT2D eigenvalue weighted by molar-refractivity contribution is 9.13. The van der Waals surface area contributed by atoms with Crippen LogP contribution in [0.5, 0.6) is 0 Å². The molecule has 0 aliphatic rings. The molecule has 2 aromatic heterocycles. The average Bonchev–Trinajstić information content (AvgIpc) is 2.74. The molecule has 74 valence electrons. The molecule has 1 N–H and O–H groups in total. The van der Waals surface area contributed by atoms with Crippen molar-refractivity contribution >= 4 is 48.3 Å². The van der Waals surface area contributed by atoms with Crippen molar-refractivity contribution in [2.45, 2.75) is 6.54 Å². The number of thiazole rings is 1. The van der Waals surface area contributed by atoms with Gasteiger partial charge in [-0.15, -0.1) is 11.3 Å². The van der Waals surface area contributed by atoms with Gasteiger partial charge in [-0.3, -0.25) is 0 Å². The number of rotatable bonds is 3. The number of nitrogens with one attached hydrogen (secondary N) is 1. The highest BCUT2D eigenvalue weighted by Crippen LogP contribution is 2.27. The van der Waals surface area contributed by atoms with Gasteiger partial charge >= 0.3 is 0 Å². The molecule has 0 unspecified atom stereocenters. The maximum atomic E-state index is 5.40. The van der Waals surface area contributed by atoms with Crippen molar-refractivity contribution in [1.82, 2.24) is 4.98 Å². The molecule has 0 amide bonds. The lowest BCUT2D eigenvalue weighted by Crippen LogP contribution is -1.96. The molecule has 2 rings (SSSR count). The fraction of sp³-hybridized carbons (Fsp3) is 0.125. The molecule has 2 heterocycles. The quantitative estimate of drug-likeness (QED) is 0.923. The molecular formula is C8H6Br2N2OS. The van der Waals surface area contributed by atoms with Crippen LogP contribution in [0.25, 0.3) is 0 Å². The van der Waals surface area contributed by atoms with E-state index in [2.05, 4.69) is 42.2 Å². The molecule has 0 radical (unpaired) electrons. The lowest BCUT2D eigenvalue weighted by molar-refractivity contribution is 0.494. The van der Waals surface area contributed by atoms with Gasteiger partial charge in [-0.2, -0.15) is 0 Å². The summed E-state index contributed by atoms with van der Waals surface area (Å²) < 4.78 is 7.04. The predicted molar refractivity (Wildman–Crippen MR) is 63.5 cm³/mol. The minimum atomic E-state index is 0.637. The standard InChI is InChI=1S/C8H6Br2N2OS/c9-6-3-5(13-7(6)10)4-12-8-11-1-2-14-8/h1-3H,4H2,(H,11,12). The van der Waals surface area contributed by atoms with Crippen molar-refractivity contribution in [3.05, 3.63) is 32.5 Å². The fourth-order valence-electron chi connectivity index (χ4n) is 0.952. The van der Waals surface area contributed by atoms with Crippen LogP contribution in [0.15, 0.2) is 31.2 Å². The Morgan fingerprint density at radius 1 is 1.50 bits per heavy atom. The molecule has 2 aromatic rings. The van der Waals surface area contributed by atoms with Crippen molar-refractivity contribution < 1.29 is 4.42 Å². The second-order valence-electron chi connectivity index (χ2n) is 2.53. The van der Waals surface area contributed by atoms with E-state index < -0.39 is 0 Å². The van der Waals surface area contributed by atoms with Crippen LogP contribution < -0.4 is 5.32 Å². The summed E-state index contributed by atoms with van der Waals surface area (Å²) in [6.07, 6.45) is 1.76. The van der Waals surface area contributed by atoms with E-state index in [0.717, 1.165) is 15.4 Å². The van der Waals surface area contributed by atoms with Gasteiger partial charge < -0.3 is 9.73 Å². The van der Waals surface area contributed by atoms with Gasteiger partial charge in [-0.25, -0.2) is 4.98 Å². The molecule has 0 aliphatic carbocycles. The summed E-state index contributed by atoms with van der Waals surface area (Å²) >= 11 is 8.20. The fourth-order valence-corrected chi connectivity index (χ4v) is 2.14. The Bertz CT molecular complexity index is 393. The largest absolute Gasteiger partial charge is 0.451 e. The smallest absolute Gasteiger partial charge is 0.183 e. The van der Waals surface area contributed by atoms with Crippen molar-refractivity contribution in [1.29, 1.82) is 0 Å². The molecule has 6 heteroatoms. The molecule has 0 atom stereocenters. The maximum Gasteiger partial charge on any atom is 0.183 e. The van der Waals surface area contributed by atoms with Gasteiger partial charge in [0.25, 0.3) is 0 Å². The van der Waals surface area contributed by atoms with E-state index >= 15 is 0 Å². The summed E-state index contributed by atoms with van der Waals surface area (Å²) in [4.78, 5) is 4.10. The molecule has 0 fully saturated rings. The SMILES string of the molecule is Brc1cc(CNc2nccs2)oc1Br. The minimum absolute atomic E-state index is 0.637. The second-order valence-corrected chi connectivity index (χ2v) is 4.99.